The zero-order chi connectivity index (χ0) is 15.8. The van der Waals surface area contributed by atoms with E-state index in [-0.39, 0.29) is 35.7 Å². The van der Waals surface area contributed by atoms with Gasteiger partial charge in [0.2, 0.25) is 5.91 Å². The van der Waals surface area contributed by atoms with Gasteiger partial charge in [-0.3, -0.25) is 4.79 Å². The van der Waals surface area contributed by atoms with Crippen LogP contribution in [0.3, 0.4) is 0 Å². The minimum atomic E-state index is -0.236. The van der Waals surface area contributed by atoms with Gasteiger partial charge in [-0.25, -0.2) is 9.38 Å². The summed E-state index contributed by atoms with van der Waals surface area (Å²) < 4.78 is 12.9. The first-order valence-electron chi connectivity index (χ1n) is 7.67. The van der Waals surface area contributed by atoms with Crippen molar-refractivity contribution in [2.45, 2.75) is 38.8 Å². The molecule has 0 bridgehead atoms. The number of benzene rings is 1. The molecule has 2 rings (SSSR count). The van der Waals surface area contributed by atoms with Crippen LogP contribution in [-0.4, -0.2) is 31.0 Å². The first-order valence-corrected chi connectivity index (χ1v) is 7.67. The molecule has 1 saturated carbocycles. The van der Waals surface area contributed by atoms with Gasteiger partial charge >= 0.3 is 0 Å². The van der Waals surface area contributed by atoms with Crippen molar-refractivity contribution in [2.24, 2.45) is 4.99 Å². The van der Waals surface area contributed by atoms with E-state index in [0.29, 0.717) is 19.1 Å². The molecule has 0 spiro atoms. The largest absolute Gasteiger partial charge is 0.356 e. The fourth-order valence-electron chi connectivity index (χ4n) is 1.89. The SMILES string of the molecule is CC(=O)NCCCNC(=NCc1ccc(F)cc1)NC1CC1.I. The van der Waals surface area contributed by atoms with Crippen molar-refractivity contribution in [1.29, 1.82) is 0 Å². The number of aliphatic imine (C=N–C) groups is 1. The average Bonchev–Trinajstić information content (AvgIpc) is 3.29. The highest BCUT2D eigenvalue weighted by atomic mass is 127. The molecule has 0 atom stereocenters. The van der Waals surface area contributed by atoms with Crippen LogP contribution in [0.2, 0.25) is 0 Å². The third-order valence-electron chi connectivity index (χ3n) is 3.27. The minimum absolute atomic E-state index is 0. The Kier molecular flexibility index (Phi) is 8.90. The van der Waals surface area contributed by atoms with Crippen molar-refractivity contribution >= 4 is 35.8 Å². The van der Waals surface area contributed by atoms with Gasteiger partial charge in [-0.05, 0) is 37.0 Å². The molecular formula is C16H24FIN4O. The second-order valence-electron chi connectivity index (χ2n) is 5.47. The summed E-state index contributed by atoms with van der Waals surface area (Å²) in [6, 6.07) is 6.88. The maximum absolute atomic E-state index is 12.9. The summed E-state index contributed by atoms with van der Waals surface area (Å²) >= 11 is 0. The Hall–Kier alpha value is -1.38. The Morgan fingerprint density at radius 3 is 2.48 bits per heavy atom. The third kappa shape index (κ3) is 8.73. The summed E-state index contributed by atoms with van der Waals surface area (Å²) in [6.07, 6.45) is 3.17. The Bertz CT molecular complexity index is 517. The van der Waals surface area contributed by atoms with E-state index in [2.05, 4.69) is 20.9 Å². The van der Waals surface area contributed by atoms with Crippen molar-refractivity contribution in [3.8, 4) is 0 Å². The molecule has 0 aliphatic heterocycles. The molecule has 23 heavy (non-hydrogen) atoms. The summed E-state index contributed by atoms with van der Waals surface area (Å²) in [7, 11) is 0. The van der Waals surface area contributed by atoms with Crippen LogP contribution in [0.1, 0.15) is 31.7 Å². The van der Waals surface area contributed by atoms with E-state index < -0.39 is 0 Å². The fraction of sp³-hybridized carbons (Fsp3) is 0.500. The Morgan fingerprint density at radius 1 is 1.22 bits per heavy atom. The highest BCUT2D eigenvalue weighted by molar-refractivity contribution is 14.0. The van der Waals surface area contributed by atoms with Gasteiger partial charge in [0, 0.05) is 26.1 Å². The van der Waals surface area contributed by atoms with Crippen LogP contribution in [0.5, 0.6) is 0 Å². The predicted octanol–water partition coefficient (Wildman–Crippen LogP) is 2.17. The van der Waals surface area contributed by atoms with E-state index in [9.17, 15) is 9.18 Å². The van der Waals surface area contributed by atoms with E-state index >= 15 is 0 Å². The van der Waals surface area contributed by atoms with Crippen LogP contribution in [-0.2, 0) is 11.3 Å². The number of nitrogens with one attached hydrogen (secondary N) is 3. The summed E-state index contributed by atoms with van der Waals surface area (Å²) in [5.41, 5.74) is 0.969. The number of nitrogens with zero attached hydrogens (tertiary/aromatic N) is 1. The average molecular weight is 434 g/mol. The molecule has 1 aliphatic carbocycles. The van der Waals surface area contributed by atoms with E-state index in [0.717, 1.165) is 24.5 Å². The van der Waals surface area contributed by atoms with Crippen molar-refractivity contribution in [3.05, 3.63) is 35.6 Å². The monoisotopic (exact) mass is 434 g/mol. The number of carbonyl (C=O) groups excluding carboxylic acids is 1. The highest BCUT2D eigenvalue weighted by Gasteiger charge is 2.22. The molecule has 0 radical (unpaired) electrons. The molecule has 128 valence electrons. The lowest BCUT2D eigenvalue weighted by Crippen LogP contribution is -2.40. The topological polar surface area (TPSA) is 65.5 Å². The van der Waals surface area contributed by atoms with Crippen LogP contribution in [0.4, 0.5) is 4.39 Å². The summed E-state index contributed by atoms with van der Waals surface area (Å²) in [4.78, 5) is 15.3. The number of amides is 1. The molecule has 0 unspecified atom stereocenters. The third-order valence-corrected chi connectivity index (χ3v) is 3.27. The van der Waals surface area contributed by atoms with Gasteiger partial charge in [-0.2, -0.15) is 0 Å². The van der Waals surface area contributed by atoms with Crippen LogP contribution in [0, 0.1) is 5.82 Å². The molecule has 1 aliphatic rings. The molecule has 1 amide bonds. The van der Waals surface area contributed by atoms with Gasteiger partial charge in [-0.1, -0.05) is 12.1 Å². The lowest BCUT2D eigenvalue weighted by Gasteiger charge is -2.12. The molecule has 0 heterocycles. The zero-order valence-electron chi connectivity index (χ0n) is 13.3. The zero-order valence-corrected chi connectivity index (χ0v) is 15.6. The maximum Gasteiger partial charge on any atom is 0.216 e. The number of rotatable bonds is 7. The van der Waals surface area contributed by atoms with E-state index in [1.54, 1.807) is 12.1 Å². The van der Waals surface area contributed by atoms with Crippen LogP contribution in [0.25, 0.3) is 0 Å². The molecule has 1 fully saturated rings. The highest BCUT2D eigenvalue weighted by Crippen LogP contribution is 2.18. The van der Waals surface area contributed by atoms with Gasteiger partial charge in [0.05, 0.1) is 6.54 Å². The van der Waals surface area contributed by atoms with E-state index in [1.807, 2.05) is 0 Å². The molecule has 3 N–H and O–H groups in total. The summed E-state index contributed by atoms with van der Waals surface area (Å²) in [5, 5.41) is 9.37. The normalized spacial score (nSPS) is 13.9. The van der Waals surface area contributed by atoms with Gasteiger partial charge in [0.25, 0.3) is 0 Å². The molecule has 7 heteroatoms. The van der Waals surface area contributed by atoms with Crippen LogP contribution < -0.4 is 16.0 Å². The Balaban J connectivity index is 0.00000264. The predicted molar refractivity (Wildman–Crippen MR) is 100 cm³/mol. The smallest absolute Gasteiger partial charge is 0.216 e. The molecule has 0 aromatic heterocycles. The van der Waals surface area contributed by atoms with Gasteiger partial charge in [0.1, 0.15) is 5.82 Å². The first kappa shape index (κ1) is 19.7. The molecular weight excluding hydrogens is 410 g/mol. The summed E-state index contributed by atoms with van der Waals surface area (Å²) in [6.45, 7) is 3.41. The van der Waals surface area contributed by atoms with Crippen LogP contribution in [0.15, 0.2) is 29.3 Å². The lowest BCUT2D eigenvalue weighted by atomic mass is 10.2. The maximum atomic E-state index is 12.9. The molecule has 0 saturated heterocycles. The van der Waals surface area contributed by atoms with Gasteiger partial charge in [0.15, 0.2) is 5.96 Å². The minimum Gasteiger partial charge on any atom is -0.356 e. The van der Waals surface area contributed by atoms with Gasteiger partial charge in [-0.15, -0.1) is 24.0 Å². The van der Waals surface area contributed by atoms with Crippen LogP contribution >= 0.6 is 24.0 Å². The second kappa shape index (κ2) is 10.4. The number of hydrogen-bond donors (Lipinski definition) is 3. The van der Waals surface area contributed by atoms with Crippen molar-refractivity contribution in [3.63, 3.8) is 0 Å². The fourth-order valence-corrected chi connectivity index (χ4v) is 1.89. The quantitative estimate of drug-likeness (QED) is 0.267. The molecule has 1 aromatic rings. The molecule has 1 aromatic carbocycles. The first-order chi connectivity index (χ1) is 10.6. The van der Waals surface area contributed by atoms with E-state index in [1.165, 1.54) is 31.9 Å². The second-order valence-corrected chi connectivity index (χ2v) is 5.47. The number of carbonyl (C=O) groups is 1. The summed E-state index contributed by atoms with van der Waals surface area (Å²) in [5.74, 6) is 0.524. The van der Waals surface area contributed by atoms with Crippen molar-refractivity contribution in [2.75, 3.05) is 13.1 Å². The standard InChI is InChI=1S/C16H23FN4O.HI/c1-12(22)18-9-2-10-19-16(21-15-7-8-15)20-11-13-3-5-14(17)6-4-13;/h3-6,15H,2,7-11H2,1H3,(H,18,22)(H2,19,20,21);1H. The molecule has 5 nitrogen and oxygen atoms in total. The van der Waals surface area contributed by atoms with E-state index in [4.69, 9.17) is 0 Å². The number of halogens is 2. The number of hydrogen-bond acceptors (Lipinski definition) is 2. The Labute approximate surface area is 153 Å². The van der Waals surface area contributed by atoms with Crippen molar-refractivity contribution < 1.29 is 9.18 Å². The Morgan fingerprint density at radius 2 is 1.87 bits per heavy atom. The van der Waals surface area contributed by atoms with Crippen molar-refractivity contribution in [1.82, 2.24) is 16.0 Å². The number of guanidine groups is 1. The lowest BCUT2D eigenvalue weighted by molar-refractivity contribution is -0.118. The van der Waals surface area contributed by atoms with Gasteiger partial charge < -0.3 is 16.0 Å².